The van der Waals surface area contributed by atoms with E-state index in [0.717, 1.165) is 0 Å². The van der Waals surface area contributed by atoms with Crippen molar-refractivity contribution in [3.63, 3.8) is 0 Å². The van der Waals surface area contributed by atoms with E-state index in [4.69, 9.17) is 4.74 Å². The molecule has 5 nitrogen and oxygen atoms in total. The average Bonchev–Trinajstić information content (AvgIpc) is 2.97. The van der Waals surface area contributed by atoms with Crippen LogP contribution in [0.5, 0.6) is 0 Å². The quantitative estimate of drug-likeness (QED) is 0.654. The smallest absolute Gasteiger partial charge is 0.306 e. The van der Waals surface area contributed by atoms with Crippen molar-refractivity contribution >= 4 is 17.5 Å². The molecule has 1 N–H and O–H groups in total. The number of alkyl halides is 1. The number of rotatable bonds is 4. The van der Waals surface area contributed by atoms with Crippen LogP contribution in [0.15, 0.2) is 23.6 Å². The Morgan fingerprint density at radius 1 is 1.31 bits per heavy atom. The van der Waals surface area contributed by atoms with Crippen molar-refractivity contribution in [1.82, 2.24) is 0 Å². The maximum atomic E-state index is 14.8. The van der Waals surface area contributed by atoms with Crippen LogP contribution in [-0.2, 0) is 19.1 Å². The topological polar surface area (TPSA) is 80.7 Å². The van der Waals surface area contributed by atoms with E-state index in [1.807, 2.05) is 20.8 Å². The van der Waals surface area contributed by atoms with Crippen LogP contribution in [0.2, 0.25) is 0 Å². The highest BCUT2D eigenvalue weighted by Gasteiger charge is 2.72. The van der Waals surface area contributed by atoms with Gasteiger partial charge in [-0.25, -0.2) is 8.78 Å². The molecule has 0 unspecified atom stereocenters. The van der Waals surface area contributed by atoms with Crippen LogP contribution >= 0.6 is 0 Å². The van der Waals surface area contributed by atoms with Gasteiger partial charge in [0.05, 0.1) is 6.10 Å². The predicted molar refractivity (Wildman–Crippen MR) is 113 cm³/mol. The Morgan fingerprint density at radius 2 is 2.00 bits per heavy atom. The fourth-order valence-electron chi connectivity index (χ4n) is 7.95. The molecule has 0 amide bonds. The summed E-state index contributed by atoms with van der Waals surface area (Å²) in [5.41, 5.74) is -2.94. The van der Waals surface area contributed by atoms with Crippen LogP contribution in [0, 0.1) is 34.5 Å². The SMILES string of the molecule is CCC(=O)O[C@@]1(C(=O)CF)[C@@H](C)C[C@H]2[C@@H]3CCC4=C(F)C(=O)C=C[C@]4(C)[C@H]3[C@@H](O)C[C@@]21C. The number of carbonyl (C=O) groups excluding carboxylic acids is 3. The van der Waals surface area contributed by atoms with E-state index < -0.39 is 58.5 Å². The second-order valence-corrected chi connectivity index (χ2v) is 10.6. The van der Waals surface area contributed by atoms with Crippen LogP contribution in [0.1, 0.15) is 59.8 Å². The summed E-state index contributed by atoms with van der Waals surface area (Å²) >= 11 is 0. The zero-order valence-corrected chi connectivity index (χ0v) is 19.1. The molecule has 0 radical (unpaired) electrons. The Balaban J connectivity index is 1.81. The van der Waals surface area contributed by atoms with E-state index in [2.05, 4.69) is 0 Å². The largest absolute Gasteiger partial charge is 0.450 e. The van der Waals surface area contributed by atoms with Crippen LogP contribution in [0.3, 0.4) is 0 Å². The number of fused-ring (bicyclic) bond motifs is 5. The minimum absolute atomic E-state index is 0.0632. The van der Waals surface area contributed by atoms with Crippen molar-refractivity contribution < 1.29 is 33.0 Å². The molecule has 4 aliphatic rings. The maximum Gasteiger partial charge on any atom is 0.306 e. The summed E-state index contributed by atoms with van der Waals surface area (Å²) in [5, 5.41) is 11.4. The minimum atomic E-state index is -1.63. The molecule has 0 heterocycles. The van der Waals surface area contributed by atoms with Crippen LogP contribution in [0.4, 0.5) is 8.78 Å². The molecule has 0 aromatic carbocycles. The number of esters is 1. The van der Waals surface area contributed by atoms with Crippen LogP contribution < -0.4 is 0 Å². The molecule has 0 aliphatic heterocycles. The first-order valence-electron chi connectivity index (χ1n) is 11.6. The van der Waals surface area contributed by atoms with Crippen molar-refractivity contribution in [2.24, 2.45) is 34.5 Å². The van der Waals surface area contributed by atoms with E-state index in [9.17, 15) is 28.3 Å². The fourth-order valence-corrected chi connectivity index (χ4v) is 7.95. The molecule has 0 saturated heterocycles. The highest BCUT2D eigenvalue weighted by Crippen LogP contribution is 2.69. The third-order valence-corrected chi connectivity index (χ3v) is 9.23. The third kappa shape index (κ3) is 2.79. The molecule has 3 saturated carbocycles. The van der Waals surface area contributed by atoms with Crippen LogP contribution in [-0.4, -0.2) is 41.0 Å². The van der Waals surface area contributed by atoms with E-state index in [-0.39, 0.29) is 30.6 Å². The molecular formula is C25H32F2O5. The number of aliphatic hydroxyl groups excluding tert-OH is 1. The molecule has 0 spiro atoms. The lowest BCUT2D eigenvalue weighted by Gasteiger charge is -2.59. The lowest BCUT2D eigenvalue weighted by Crippen LogP contribution is -2.64. The molecular weight excluding hydrogens is 418 g/mol. The normalized spacial score (nSPS) is 45.2. The van der Waals surface area contributed by atoms with Gasteiger partial charge in [-0.1, -0.05) is 33.8 Å². The van der Waals surface area contributed by atoms with Crippen molar-refractivity contribution in [2.75, 3.05) is 6.67 Å². The average molecular weight is 451 g/mol. The first-order valence-corrected chi connectivity index (χ1v) is 11.6. The first kappa shape index (κ1) is 23.3. The molecule has 0 aromatic heterocycles. The van der Waals surface area contributed by atoms with Gasteiger partial charge in [-0.05, 0) is 49.2 Å². The first-order chi connectivity index (χ1) is 15.0. The van der Waals surface area contributed by atoms with Gasteiger partial charge < -0.3 is 9.84 Å². The second kappa shape index (κ2) is 7.57. The summed E-state index contributed by atoms with van der Waals surface area (Å²) in [6.07, 6.45) is 3.72. The number of hydrogen-bond acceptors (Lipinski definition) is 5. The van der Waals surface area contributed by atoms with Gasteiger partial charge in [0, 0.05) is 29.1 Å². The lowest BCUT2D eigenvalue weighted by molar-refractivity contribution is -0.204. The highest BCUT2D eigenvalue weighted by atomic mass is 19.1. The predicted octanol–water partition coefficient (Wildman–Crippen LogP) is 4.04. The van der Waals surface area contributed by atoms with Gasteiger partial charge in [0.2, 0.25) is 11.6 Å². The summed E-state index contributed by atoms with van der Waals surface area (Å²) < 4.78 is 34.4. The minimum Gasteiger partial charge on any atom is -0.450 e. The van der Waals surface area contributed by atoms with E-state index in [0.29, 0.717) is 24.8 Å². The number of halogens is 2. The number of Topliss-reactive ketones (excluding diaryl/α,β-unsaturated/α-hetero) is 1. The molecule has 176 valence electrons. The number of carbonyl (C=O) groups is 3. The molecule has 0 bridgehead atoms. The molecule has 8 atom stereocenters. The molecule has 32 heavy (non-hydrogen) atoms. The molecule has 4 rings (SSSR count). The molecule has 4 aliphatic carbocycles. The summed E-state index contributed by atoms with van der Waals surface area (Å²) in [5.74, 6) is -3.63. The monoisotopic (exact) mass is 450 g/mol. The van der Waals surface area contributed by atoms with Gasteiger partial charge >= 0.3 is 5.97 Å². The maximum absolute atomic E-state index is 14.8. The Labute approximate surface area is 187 Å². The van der Waals surface area contributed by atoms with Gasteiger partial charge in [-0.15, -0.1) is 0 Å². The number of allylic oxidation sites excluding steroid dienone is 4. The van der Waals surface area contributed by atoms with E-state index in [1.165, 1.54) is 6.08 Å². The zero-order chi connectivity index (χ0) is 23.6. The van der Waals surface area contributed by atoms with Gasteiger partial charge in [0.1, 0.15) is 0 Å². The Bertz CT molecular complexity index is 925. The standard InChI is InChI=1S/C25H32F2O5/c1-5-20(31)32-25(19(30)12-26)13(2)10-16-14-6-7-15-22(27)17(28)8-9-23(15,3)21(14)18(29)11-24(16,25)4/h8-9,13-14,16,18,21,29H,5-7,10-12H2,1-4H3/t13-,14-,16-,18-,21+,23-,24-,25+/m0/s1. The highest BCUT2D eigenvalue weighted by molar-refractivity contribution is 6.04. The summed E-state index contributed by atoms with van der Waals surface area (Å²) in [7, 11) is 0. The molecule has 0 aromatic rings. The van der Waals surface area contributed by atoms with E-state index in [1.54, 1.807) is 13.0 Å². The van der Waals surface area contributed by atoms with Crippen molar-refractivity contribution in [2.45, 2.75) is 71.5 Å². The zero-order valence-electron chi connectivity index (χ0n) is 19.1. The number of ketones is 2. The lowest BCUT2D eigenvalue weighted by atomic mass is 9.46. The molecule has 7 heteroatoms. The van der Waals surface area contributed by atoms with Gasteiger partial charge in [-0.2, -0.15) is 0 Å². The summed E-state index contributed by atoms with van der Waals surface area (Å²) in [6, 6.07) is 0. The Hall–Kier alpha value is -1.89. The third-order valence-electron chi connectivity index (χ3n) is 9.23. The fraction of sp³-hybridized carbons (Fsp3) is 0.720. The second-order valence-electron chi connectivity index (χ2n) is 10.6. The van der Waals surface area contributed by atoms with Gasteiger partial charge in [0.25, 0.3) is 0 Å². The van der Waals surface area contributed by atoms with Crippen molar-refractivity contribution in [3.05, 3.63) is 23.6 Å². The van der Waals surface area contributed by atoms with Gasteiger partial charge in [0.15, 0.2) is 18.1 Å². The van der Waals surface area contributed by atoms with Crippen molar-refractivity contribution in [3.8, 4) is 0 Å². The summed E-state index contributed by atoms with van der Waals surface area (Å²) in [4.78, 5) is 37.4. The number of ether oxygens (including phenoxy) is 1. The van der Waals surface area contributed by atoms with Crippen molar-refractivity contribution in [1.29, 1.82) is 0 Å². The summed E-state index contributed by atoms with van der Waals surface area (Å²) in [6.45, 7) is 5.90. The molecule has 3 fully saturated rings. The Kier molecular flexibility index (Phi) is 5.51. The van der Waals surface area contributed by atoms with E-state index >= 15 is 0 Å². The van der Waals surface area contributed by atoms with Crippen LogP contribution in [0.25, 0.3) is 0 Å². The number of hydrogen-bond donors (Lipinski definition) is 1. The Morgan fingerprint density at radius 3 is 2.62 bits per heavy atom. The van der Waals surface area contributed by atoms with Gasteiger partial charge in [-0.3, -0.25) is 14.4 Å². The number of aliphatic hydroxyl groups is 1.